The quantitative estimate of drug-likeness (QED) is 0.827. The second kappa shape index (κ2) is 7.21. The number of carbonyl (C=O) groups is 1. The highest BCUT2D eigenvalue weighted by molar-refractivity contribution is 5.94. The zero-order valence-corrected chi connectivity index (χ0v) is 14.1. The molecule has 1 aromatic rings. The number of amides is 1. The van der Waals surface area contributed by atoms with E-state index in [1.807, 2.05) is 35.2 Å². The molecule has 5 nitrogen and oxygen atoms in total. The fraction of sp³-hybridized carbons (Fsp3) is 0.632. The Morgan fingerprint density at radius 1 is 1.00 bits per heavy atom. The lowest BCUT2D eigenvalue weighted by atomic mass is 10.1. The van der Waals surface area contributed by atoms with Gasteiger partial charge < -0.3 is 14.4 Å². The highest BCUT2D eigenvalue weighted by Gasteiger charge is 2.40. The number of fused-ring (bicyclic) bond motifs is 1. The minimum atomic E-state index is 0.129. The second-order valence-corrected chi connectivity index (χ2v) is 7.08. The minimum absolute atomic E-state index is 0.129. The highest BCUT2D eigenvalue weighted by Crippen LogP contribution is 2.28. The Hall–Kier alpha value is -1.43. The predicted octanol–water partition coefficient (Wildman–Crippen LogP) is 1.64. The van der Waals surface area contributed by atoms with Gasteiger partial charge in [-0.15, -0.1) is 0 Å². The van der Waals surface area contributed by atoms with Crippen molar-refractivity contribution in [1.82, 2.24) is 9.80 Å². The first-order valence-electron chi connectivity index (χ1n) is 9.09. The van der Waals surface area contributed by atoms with Crippen molar-refractivity contribution in [3.05, 3.63) is 35.9 Å². The van der Waals surface area contributed by atoms with Crippen LogP contribution in [0.5, 0.6) is 0 Å². The Bertz CT molecular complexity index is 559. The van der Waals surface area contributed by atoms with E-state index >= 15 is 0 Å². The molecule has 0 spiro atoms. The third kappa shape index (κ3) is 3.34. The molecule has 24 heavy (non-hydrogen) atoms. The van der Waals surface area contributed by atoms with E-state index in [-0.39, 0.29) is 12.0 Å². The monoisotopic (exact) mass is 330 g/mol. The van der Waals surface area contributed by atoms with E-state index in [0.717, 1.165) is 51.3 Å². The molecular weight excluding hydrogens is 304 g/mol. The summed E-state index contributed by atoms with van der Waals surface area (Å²) in [4.78, 5) is 17.3. The van der Waals surface area contributed by atoms with Gasteiger partial charge in [-0.2, -0.15) is 0 Å². The van der Waals surface area contributed by atoms with E-state index in [1.54, 1.807) is 0 Å². The molecule has 0 aliphatic carbocycles. The van der Waals surface area contributed by atoms with E-state index in [4.69, 9.17) is 9.47 Å². The molecule has 3 aliphatic heterocycles. The number of ether oxygens (including phenoxy) is 2. The van der Waals surface area contributed by atoms with Gasteiger partial charge in [-0.05, 0) is 25.0 Å². The summed E-state index contributed by atoms with van der Waals surface area (Å²) in [7, 11) is 0. The molecule has 3 aliphatic rings. The summed E-state index contributed by atoms with van der Waals surface area (Å²) in [5.41, 5.74) is 0.773. The van der Waals surface area contributed by atoms with Gasteiger partial charge in [0.15, 0.2) is 0 Å². The maximum Gasteiger partial charge on any atom is 0.253 e. The molecule has 4 rings (SSSR count). The van der Waals surface area contributed by atoms with E-state index in [1.165, 1.54) is 0 Å². The van der Waals surface area contributed by atoms with E-state index in [9.17, 15) is 4.79 Å². The largest absolute Gasteiger partial charge is 0.381 e. The normalized spacial score (nSPS) is 29.2. The van der Waals surface area contributed by atoms with Crippen LogP contribution in [0.1, 0.15) is 23.2 Å². The van der Waals surface area contributed by atoms with Crippen molar-refractivity contribution < 1.29 is 14.3 Å². The van der Waals surface area contributed by atoms with Crippen LogP contribution in [-0.2, 0) is 9.47 Å². The molecule has 3 fully saturated rings. The van der Waals surface area contributed by atoms with Crippen LogP contribution in [0, 0.1) is 5.92 Å². The number of hydrogen-bond acceptors (Lipinski definition) is 4. The first-order chi connectivity index (χ1) is 11.8. The van der Waals surface area contributed by atoms with Crippen LogP contribution in [0.3, 0.4) is 0 Å². The molecule has 0 saturated carbocycles. The molecule has 0 bridgehead atoms. The van der Waals surface area contributed by atoms with Crippen LogP contribution < -0.4 is 0 Å². The summed E-state index contributed by atoms with van der Waals surface area (Å²) < 4.78 is 11.6. The molecule has 3 saturated heterocycles. The van der Waals surface area contributed by atoms with Gasteiger partial charge in [0.25, 0.3) is 5.91 Å². The Labute approximate surface area is 143 Å². The number of benzene rings is 1. The second-order valence-electron chi connectivity index (χ2n) is 7.08. The molecule has 2 atom stereocenters. The Balaban J connectivity index is 1.42. The maximum atomic E-state index is 12.8. The van der Waals surface area contributed by atoms with Crippen LogP contribution in [0.2, 0.25) is 0 Å². The Morgan fingerprint density at radius 3 is 2.58 bits per heavy atom. The van der Waals surface area contributed by atoms with E-state index in [2.05, 4.69) is 4.90 Å². The third-order valence-corrected chi connectivity index (χ3v) is 5.57. The number of likely N-dealkylation sites (tertiary alicyclic amines) is 1. The number of hydrogen-bond donors (Lipinski definition) is 0. The summed E-state index contributed by atoms with van der Waals surface area (Å²) in [5, 5.41) is 0. The topological polar surface area (TPSA) is 42.0 Å². The highest BCUT2D eigenvalue weighted by atomic mass is 16.5. The first kappa shape index (κ1) is 16.1. The summed E-state index contributed by atoms with van der Waals surface area (Å²) in [6.07, 6.45) is 2.50. The maximum absolute atomic E-state index is 12.8. The molecule has 1 amide bonds. The molecule has 3 heterocycles. The van der Waals surface area contributed by atoms with Gasteiger partial charge >= 0.3 is 0 Å². The van der Waals surface area contributed by atoms with Crippen molar-refractivity contribution in [1.29, 1.82) is 0 Å². The predicted molar refractivity (Wildman–Crippen MR) is 91.0 cm³/mol. The lowest BCUT2D eigenvalue weighted by molar-refractivity contribution is 0.0243. The average molecular weight is 330 g/mol. The Kier molecular flexibility index (Phi) is 4.83. The van der Waals surface area contributed by atoms with Gasteiger partial charge in [0.1, 0.15) is 0 Å². The fourth-order valence-electron chi connectivity index (χ4n) is 4.22. The summed E-state index contributed by atoms with van der Waals surface area (Å²) >= 11 is 0. The smallest absolute Gasteiger partial charge is 0.253 e. The molecule has 1 aromatic carbocycles. The van der Waals surface area contributed by atoms with Gasteiger partial charge in [-0.25, -0.2) is 0 Å². The summed E-state index contributed by atoms with van der Waals surface area (Å²) in [5.74, 6) is 0.548. The van der Waals surface area contributed by atoms with Crippen LogP contribution in [-0.4, -0.2) is 73.9 Å². The molecule has 0 radical (unpaired) electrons. The Morgan fingerprint density at radius 2 is 1.79 bits per heavy atom. The van der Waals surface area contributed by atoms with Gasteiger partial charge in [-0.3, -0.25) is 9.69 Å². The van der Waals surface area contributed by atoms with Crippen molar-refractivity contribution in [2.45, 2.75) is 25.0 Å². The zero-order valence-electron chi connectivity index (χ0n) is 14.1. The number of nitrogens with zero attached hydrogens (tertiary/aromatic N) is 2. The van der Waals surface area contributed by atoms with E-state index in [0.29, 0.717) is 25.1 Å². The van der Waals surface area contributed by atoms with Gasteiger partial charge in [-0.1, -0.05) is 18.2 Å². The van der Waals surface area contributed by atoms with Gasteiger partial charge in [0.05, 0.1) is 12.7 Å². The van der Waals surface area contributed by atoms with Crippen LogP contribution in [0.15, 0.2) is 30.3 Å². The van der Waals surface area contributed by atoms with Crippen LogP contribution in [0.25, 0.3) is 0 Å². The minimum Gasteiger partial charge on any atom is -0.381 e. The molecule has 0 unspecified atom stereocenters. The fourth-order valence-corrected chi connectivity index (χ4v) is 4.22. The van der Waals surface area contributed by atoms with Crippen molar-refractivity contribution in [2.75, 3.05) is 46.0 Å². The van der Waals surface area contributed by atoms with Crippen LogP contribution >= 0.6 is 0 Å². The zero-order chi connectivity index (χ0) is 16.4. The molecule has 130 valence electrons. The lowest BCUT2D eigenvalue weighted by Gasteiger charge is -2.31. The summed E-state index contributed by atoms with van der Waals surface area (Å²) in [6, 6.07) is 10.2. The SMILES string of the molecule is O=C(c1ccccc1)N1CCO[C@@H]2CN(C3CCOCC3)C[C@@H]2C1. The molecule has 0 N–H and O–H groups in total. The van der Waals surface area contributed by atoms with Gasteiger partial charge in [0.2, 0.25) is 0 Å². The molecule has 5 heteroatoms. The molecule has 0 aromatic heterocycles. The van der Waals surface area contributed by atoms with Crippen LogP contribution in [0.4, 0.5) is 0 Å². The van der Waals surface area contributed by atoms with Crippen molar-refractivity contribution in [3.63, 3.8) is 0 Å². The lowest BCUT2D eigenvalue weighted by Crippen LogP contribution is -2.40. The number of carbonyl (C=O) groups excluding carboxylic acids is 1. The third-order valence-electron chi connectivity index (χ3n) is 5.57. The van der Waals surface area contributed by atoms with Crippen molar-refractivity contribution >= 4 is 5.91 Å². The summed E-state index contributed by atoms with van der Waals surface area (Å²) in [6.45, 7) is 5.92. The van der Waals surface area contributed by atoms with Gasteiger partial charge in [0, 0.05) is 56.9 Å². The van der Waals surface area contributed by atoms with Crippen molar-refractivity contribution in [2.24, 2.45) is 5.92 Å². The average Bonchev–Trinajstić information content (AvgIpc) is 2.94. The van der Waals surface area contributed by atoms with Crippen molar-refractivity contribution in [3.8, 4) is 0 Å². The standard InChI is InChI=1S/C19H26N2O3/c22-19(15-4-2-1-3-5-15)20-8-11-24-18-14-21(13-16(18)12-20)17-6-9-23-10-7-17/h1-5,16-18H,6-14H2/t16-,18+/m0/s1. The number of rotatable bonds is 2. The first-order valence-corrected chi connectivity index (χ1v) is 9.09. The van der Waals surface area contributed by atoms with E-state index < -0.39 is 0 Å². The molecular formula is C19H26N2O3.